The van der Waals surface area contributed by atoms with Crippen molar-refractivity contribution in [3.05, 3.63) is 71.5 Å². The molecule has 0 amide bonds. The van der Waals surface area contributed by atoms with E-state index in [1.807, 2.05) is 18.2 Å². The van der Waals surface area contributed by atoms with E-state index < -0.39 is 6.29 Å². The van der Waals surface area contributed by atoms with Crippen LogP contribution in [0.5, 0.6) is 0 Å². The predicted molar refractivity (Wildman–Crippen MR) is 62.6 cm³/mol. The molecule has 1 unspecified atom stereocenters. The second-order valence-corrected chi connectivity index (χ2v) is 3.70. The van der Waals surface area contributed by atoms with Gasteiger partial charge in [0, 0.05) is 5.56 Å². The lowest BCUT2D eigenvalue weighted by Gasteiger charge is -2.12. The quantitative estimate of drug-likeness (QED) is 0.821. The van der Waals surface area contributed by atoms with Crippen molar-refractivity contribution in [1.29, 1.82) is 0 Å². The summed E-state index contributed by atoms with van der Waals surface area (Å²) in [5, 5.41) is 9.74. The maximum absolute atomic E-state index is 12.9. The van der Waals surface area contributed by atoms with Gasteiger partial charge in [-0.1, -0.05) is 42.5 Å². The highest BCUT2D eigenvalue weighted by Gasteiger charge is 2.07. The van der Waals surface area contributed by atoms with Crippen LogP contribution in [-0.2, 0) is 11.3 Å². The van der Waals surface area contributed by atoms with Crippen LogP contribution in [0, 0.1) is 5.82 Å². The van der Waals surface area contributed by atoms with Crippen LogP contribution >= 0.6 is 0 Å². The fourth-order valence-corrected chi connectivity index (χ4v) is 1.52. The first kappa shape index (κ1) is 11.8. The predicted octanol–water partition coefficient (Wildman–Crippen LogP) is 3.03. The Balaban J connectivity index is 1.95. The smallest absolute Gasteiger partial charge is 0.181 e. The highest BCUT2D eigenvalue weighted by molar-refractivity contribution is 5.17. The average molecular weight is 232 g/mol. The molecule has 1 N–H and O–H groups in total. The molecular formula is C14H13FO2. The normalized spacial score (nSPS) is 12.4. The first-order valence-electron chi connectivity index (χ1n) is 5.35. The molecule has 17 heavy (non-hydrogen) atoms. The van der Waals surface area contributed by atoms with Crippen LogP contribution in [0.3, 0.4) is 0 Å². The van der Waals surface area contributed by atoms with Gasteiger partial charge in [0.2, 0.25) is 0 Å². The van der Waals surface area contributed by atoms with E-state index >= 15 is 0 Å². The summed E-state index contributed by atoms with van der Waals surface area (Å²) in [6.45, 7) is 0.174. The van der Waals surface area contributed by atoms with E-state index in [2.05, 4.69) is 0 Å². The molecule has 0 saturated carbocycles. The minimum absolute atomic E-state index is 0.174. The zero-order chi connectivity index (χ0) is 12.1. The summed E-state index contributed by atoms with van der Waals surface area (Å²) >= 11 is 0. The van der Waals surface area contributed by atoms with E-state index in [0.717, 1.165) is 0 Å². The fraction of sp³-hybridized carbons (Fsp3) is 0.143. The van der Waals surface area contributed by atoms with Gasteiger partial charge in [-0.3, -0.25) is 0 Å². The van der Waals surface area contributed by atoms with Gasteiger partial charge in [0.25, 0.3) is 0 Å². The van der Waals surface area contributed by atoms with Crippen molar-refractivity contribution in [3.63, 3.8) is 0 Å². The standard InChI is InChI=1S/C14H13FO2/c15-13-8-4-5-11(9-13)10-17-14(16)12-6-2-1-3-7-12/h1-9,14,16H,10H2. The number of aliphatic hydroxyl groups is 1. The Labute approximate surface area is 99.3 Å². The topological polar surface area (TPSA) is 29.5 Å². The molecule has 0 heterocycles. The lowest BCUT2D eigenvalue weighted by Crippen LogP contribution is -2.03. The van der Waals surface area contributed by atoms with Crippen molar-refractivity contribution >= 4 is 0 Å². The number of hydrogen-bond acceptors (Lipinski definition) is 2. The van der Waals surface area contributed by atoms with Crippen LogP contribution < -0.4 is 0 Å². The van der Waals surface area contributed by atoms with Crippen molar-refractivity contribution < 1.29 is 14.2 Å². The number of benzene rings is 2. The lowest BCUT2D eigenvalue weighted by atomic mass is 10.2. The summed E-state index contributed by atoms with van der Waals surface area (Å²) in [6, 6.07) is 15.2. The molecule has 3 heteroatoms. The van der Waals surface area contributed by atoms with Gasteiger partial charge in [0.15, 0.2) is 6.29 Å². The SMILES string of the molecule is OC(OCc1cccc(F)c1)c1ccccc1. The fourth-order valence-electron chi connectivity index (χ4n) is 1.52. The number of hydrogen-bond donors (Lipinski definition) is 1. The number of halogens is 1. The minimum Gasteiger partial charge on any atom is -0.364 e. The van der Waals surface area contributed by atoms with Crippen LogP contribution in [0.2, 0.25) is 0 Å². The van der Waals surface area contributed by atoms with Crippen molar-refractivity contribution in [2.24, 2.45) is 0 Å². The summed E-state index contributed by atoms with van der Waals surface area (Å²) in [5.41, 5.74) is 1.38. The first-order valence-corrected chi connectivity index (χ1v) is 5.35. The molecule has 2 aromatic carbocycles. The summed E-state index contributed by atoms with van der Waals surface area (Å²) in [7, 11) is 0. The molecule has 0 aliphatic heterocycles. The Kier molecular flexibility index (Phi) is 3.85. The Bertz CT molecular complexity index is 471. The van der Waals surface area contributed by atoms with E-state index in [0.29, 0.717) is 11.1 Å². The van der Waals surface area contributed by atoms with Crippen LogP contribution in [0.25, 0.3) is 0 Å². The van der Waals surface area contributed by atoms with E-state index in [9.17, 15) is 9.50 Å². The van der Waals surface area contributed by atoms with Gasteiger partial charge in [0.05, 0.1) is 6.61 Å². The van der Waals surface area contributed by atoms with Crippen LogP contribution in [0.1, 0.15) is 17.4 Å². The van der Waals surface area contributed by atoms with Gasteiger partial charge in [-0.2, -0.15) is 0 Å². The minimum atomic E-state index is -0.987. The molecule has 0 fully saturated rings. The molecule has 2 rings (SSSR count). The second kappa shape index (κ2) is 5.57. The summed E-state index contributed by atoms with van der Waals surface area (Å²) in [6.07, 6.45) is -0.987. The molecular weight excluding hydrogens is 219 g/mol. The highest BCUT2D eigenvalue weighted by atomic mass is 19.1. The number of rotatable bonds is 4. The second-order valence-electron chi connectivity index (χ2n) is 3.70. The maximum Gasteiger partial charge on any atom is 0.181 e. The summed E-state index contributed by atoms with van der Waals surface area (Å²) in [4.78, 5) is 0. The van der Waals surface area contributed by atoms with E-state index in [4.69, 9.17) is 4.74 Å². The van der Waals surface area contributed by atoms with Crippen LogP contribution in [0.15, 0.2) is 54.6 Å². The van der Waals surface area contributed by atoms with Gasteiger partial charge < -0.3 is 9.84 Å². The third-order valence-electron chi connectivity index (χ3n) is 2.38. The van der Waals surface area contributed by atoms with Gasteiger partial charge in [0.1, 0.15) is 5.82 Å². The Morgan fingerprint density at radius 3 is 2.53 bits per heavy atom. The molecule has 0 spiro atoms. The zero-order valence-corrected chi connectivity index (χ0v) is 9.21. The van der Waals surface area contributed by atoms with Gasteiger partial charge >= 0.3 is 0 Å². The van der Waals surface area contributed by atoms with Crippen LogP contribution in [-0.4, -0.2) is 5.11 Å². The van der Waals surface area contributed by atoms with Crippen molar-refractivity contribution in [3.8, 4) is 0 Å². The van der Waals surface area contributed by atoms with Crippen molar-refractivity contribution in [2.45, 2.75) is 12.9 Å². The van der Waals surface area contributed by atoms with E-state index in [1.165, 1.54) is 12.1 Å². The molecule has 88 valence electrons. The lowest BCUT2D eigenvalue weighted by molar-refractivity contribution is -0.112. The number of aliphatic hydroxyl groups excluding tert-OH is 1. The van der Waals surface area contributed by atoms with Gasteiger partial charge in [-0.05, 0) is 17.7 Å². The molecule has 2 nitrogen and oxygen atoms in total. The van der Waals surface area contributed by atoms with Gasteiger partial charge in [-0.25, -0.2) is 4.39 Å². The molecule has 1 atom stereocenters. The number of ether oxygens (including phenoxy) is 1. The first-order chi connectivity index (χ1) is 8.25. The van der Waals surface area contributed by atoms with Crippen LogP contribution in [0.4, 0.5) is 4.39 Å². The third kappa shape index (κ3) is 3.37. The average Bonchev–Trinajstić information content (AvgIpc) is 2.37. The van der Waals surface area contributed by atoms with E-state index in [-0.39, 0.29) is 12.4 Å². The summed E-state index contributed by atoms with van der Waals surface area (Å²) in [5.74, 6) is -0.305. The molecule has 0 aromatic heterocycles. The Morgan fingerprint density at radius 1 is 1.06 bits per heavy atom. The Hall–Kier alpha value is -1.71. The molecule has 2 aromatic rings. The van der Waals surface area contributed by atoms with Crippen molar-refractivity contribution in [1.82, 2.24) is 0 Å². The maximum atomic E-state index is 12.9. The molecule has 0 aliphatic rings. The largest absolute Gasteiger partial charge is 0.364 e. The van der Waals surface area contributed by atoms with E-state index in [1.54, 1.807) is 24.3 Å². The molecule has 0 aliphatic carbocycles. The summed E-state index contributed by atoms with van der Waals surface area (Å²) < 4.78 is 18.2. The Morgan fingerprint density at radius 2 is 1.82 bits per heavy atom. The molecule has 0 saturated heterocycles. The monoisotopic (exact) mass is 232 g/mol. The third-order valence-corrected chi connectivity index (χ3v) is 2.38. The highest BCUT2D eigenvalue weighted by Crippen LogP contribution is 2.16. The van der Waals surface area contributed by atoms with Gasteiger partial charge in [-0.15, -0.1) is 0 Å². The van der Waals surface area contributed by atoms with Crippen molar-refractivity contribution in [2.75, 3.05) is 0 Å². The molecule has 0 bridgehead atoms. The zero-order valence-electron chi connectivity index (χ0n) is 9.21. The molecule has 0 radical (unpaired) electrons.